The molecular weight excluding hydrogens is 421 g/mol. The molecule has 1 aliphatic carbocycles. The van der Waals surface area contributed by atoms with E-state index in [1.54, 1.807) is 12.1 Å². The molecule has 31 heavy (non-hydrogen) atoms. The van der Waals surface area contributed by atoms with Crippen molar-refractivity contribution in [1.82, 2.24) is 5.32 Å². The highest BCUT2D eigenvalue weighted by Gasteiger charge is 2.32. The number of halogens is 1. The highest BCUT2D eigenvalue weighted by Crippen LogP contribution is 2.39. The van der Waals surface area contributed by atoms with Crippen molar-refractivity contribution in [2.75, 3.05) is 36.4 Å². The van der Waals surface area contributed by atoms with Crippen molar-refractivity contribution < 1.29 is 22.3 Å². The first kappa shape index (κ1) is 21.7. The minimum atomic E-state index is -4.11. The van der Waals surface area contributed by atoms with Crippen LogP contribution in [0.5, 0.6) is 11.5 Å². The molecule has 7 nitrogen and oxygen atoms in total. The van der Waals surface area contributed by atoms with Crippen molar-refractivity contribution >= 4 is 21.4 Å². The molecule has 1 heterocycles. The molecule has 0 unspecified atom stereocenters. The van der Waals surface area contributed by atoms with E-state index in [9.17, 15) is 12.8 Å². The lowest BCUT2D eigenvalue weighted by Gasteiger charge is -2.41. The minimum absolute atomic E-state index is 0.247. The summed E-state index contributed by atoms with van der Waals surface area (Å²) in [5.41, 5.74) is 0.796. The number of fused-ring (bicyclic) bond motifs is 1. The van der Waals surface area contributed by atoms with Crippen molar-refractivity contribution in [2.45, 2.75) is 43.2 Å². The molecule has 0 saturated heterocycles. The molecule has 0 radical (unpaired) electrons. The van der Waals surface area contributed by atoms with Crippen molar-refractivity contribution in [3.63, 3.8) is 0 Å². The predicted octanol–water partition coefficient (Wildman–Crippen LogP) is 3.36. The molecular formula is C22H28FN3O4S. The second kappa shape index (κ2) is 8.20. The lowest BCUT2D eigenvalue weighted by Crippen LogP contribution is -2.48. The van der Waals surface area contributed by atoms with Crippen LogP contribution in [0.15, 0.2) is 41.3 Å². The van der Waals surface area contributed by atoms with Gasteiger partial charge in [0.05, 0.1) is 25.0 Å². The summed E-state index contributed by atoms with van der Waals surface area (Å²) in [6, 6.07) is 9.43. The number of benzene rings is 2. The first-order valence-electron chi connectivity index (χ1n) is 10.3. The Bertz CT molecular complexity index is 1070. The van der Waals surface area contributed by atoms with Crippen LogP contribution in [0.1, 0.15) is 26.7 Å². The summed E-state index contributed by atoms with van der Waals surface area (Å²) >= 11 is 0. The van der Waals surface area contributed by atoms with Crippen LogP contribution in [-0.4, -0.2) is 46.8 Å². The third kappa shape index (κ3) is 5.04. The second-order valence-corrected chi connectivity index (χ2v) is 10.2. The van der Waals surface area contributed by atoms with Gasteiger partial charge in [0.1, 0.15) is 27.8 Å². The fourth-order valence-corrected chi connectivity index (χ4v) is 4.83. The Morgan fingerprint density at radius 3 is 2.68 bits per heavy atom. The number of methoxy groups -OCH3 is 1. The van der Waals surface area contributed by atoms with E-state index in [0.29, 0.717) is 17.5 Å². The van der Waals surface area contributed by atoms with Crippen molar-refractivity contribution in [1.29, 1.82) is 0 Å². The summed E-state index contributed by atoms with van der Waals surface area (Å²) in [6.45, 7) is 6.44. The molecule has 2 aliphatic rings. The molecule has 1 aliphatic heterocycles. The van der Waals surface area contributed by atoms with E-state index in [1.807, 2.05) is 19.9 Å². The van der Waals surface area contributed by atoms with Crippen LogP contribution < -0.4 is 24.4 Å². The van der Waals surface area contributed by atoms with E-state index in [1.165, 1.54) is 32.1 Å². The second-order valence-electron chi connectivity index (χ2n) is 8.60. The van der Waals surface area contributed by atoms with Gasteiger partial charge in [-0.25, -0.2) is 12.8 Å². The summed E-state index contributed by atoms with van der Waals surface area (Å²) in [6.07, 6.45) is 2.48. The fraction of sp³-hybridized carbons (Fsp3) is 0.455. The number of nitrogens with zero attached hydrogens (tertiary/aromatic N) is 1. The molecule has 0 bridgehead atoms. The molecule has 2 N–H and O–H groups in total. The molecule has 1 fully saturated rings. The monoisotopic (exact) mass is 449 g/mol. The first-order chi connectivity index (χ1) is 14.7. The Balaban J connectivity index is 1.55. The van der Waals surface area contributed by atoms with Crippen LogP contribution in [0.25, 0.3) is 0 Å². The van der Waals surface area contributed by atoms with Crippen LogP contribution in [0.4, 0.5) is 15.8 Å². The van der Waals surface area contributed by atoms with Gasteiger partial charge in [0.2, 0.25) is 0 Å². The van der Waals surface area contributed by atoms with E-state index in [2.05, 4.69) is 14.9 Å². The molecule has 2 aromatic rings. The van der Waals surface area contributed by atoms with Gasteiger partial charge in [-0.15, -0.1) is 0 Å². The van der Waals surface area contributed by atoms with Crippen LogP contribution in [0.2, 0.25) is 0 Å². The Morgan fingerprint density at radius 1 is 1.23 bits per heavy atom. The van der Waals surface area contributed by atoms with Gasteiger partial charge in [-0.05, 0) is 51.0 Å². The molecule has 2 aromatic carbocycles. The zero-order valence-electron chi connectivity index (χ0n) is 17.9. The van der Waals surface area contributed by atoms with E-state index >= 15 is 0 Å². The molecule has 4 rings (SSSR count). The SMILES string of the molecule is COc1ccc(S(=O)(=O)Nc2ccc3c(c2)OC(C)(C)CN3CCNC2CC2)c(F)c1. The fourth-order valence-electron chi connectivity index (χ4n) is 3.72. The predicted molar refractivity (Wildman–Crippen MR) is 118 cm³/mol. The van der Waals surface area contributed by atoms with Crippen molar-refractivity contribution in [3.05, 3.63) is 42.2 Å². The van der Waals surface area contributed by atoms with E-state index in [0.717, 1.165) is 31.4 Å². The van der Waals surface area contributed by atoms with Crippen LogP contribution in [-0.2, 0) is 10.0 Å². The molecule has 0 atom stereocenters. The summed E-state index contributed by atoms with van der Waals surface area (Å²) in [4.78, 5) is 1.80. The van der Waals surface area contributed by atoms with Gasteiger partial charge in [0.25, 0.3) is 10.0 Å². The summed E-state index contributed by atoms with van der Waals surface area (Å²) < 4.78 is 53.3. The number of rotatable bonds is 8. The quantitative estimate of drug-likeness (QED) is 0.643. The number of anilines is 2. The average Bonchev–Trinajstić information content (AvgIpc) is 3.50. The maximum atomic E-state index is 14.3. The zero-order valence-corrected chi connectivity index (χ0v) is 18.8. The molecule has 0 amide bonds. The molecule has 1 saturated carbocycles. The average molecular weight is 450 g/mol. The summed E-state index contributed by atoms with van der Waals surface area (Å²) in [5.74, 6) is -0.0354. The van der Waals surface area contributed by atoms with Gasteiger partial charge in [-0.2, -0.15) is 0 Å². The van der Waals surface area contributed by atoms with Gasteiger partial charge in [-0.1, -0.05) is 0 Å². The Hall–Kier alpha value is -2.52. The Kier molecular flexibility index (Phi) is 5.74. The number of hydrogen-bond acceptors (Lipinski definition) is 6. The van der Waals surface area contributed by atoms with Gasteiger partial charge < -0.3 is 19.7 Å². The van der Waals surface area contributed by atoms with E-state index in [-0.39, 0.29) is 5.75 Å². The van der Waals surface area contributed by atoms with Gasteiger partial charge in [0, 0.05) is 31.3 Å². The van der Waals surface area contributed by atoms with Crippen LogP contribution >= 0.6 is 0 Å². The Labute approximate surface area is 182 Å². The highest BCUT2D eigenvalue weighted by molar-refractivity contribution is 7.92. The standard InChI is InChI=1S/C22H28FN3O4S/c1-22(2)14-26(11-10-24-15-4-5-15)19-8-6-16(12-20(19)30-22)25-31(27,28)21-9-7-17(29-3)13-18(21)23/h6-9,12-13,15,24-25H,4-5,10-11,14H2,1-3H3. The zero-order chi connectivity index (χ0) is 22.2. The molecule has 0 spiro atoms. The number of nitrogens with one attached hydrogen (secondary N) is 2. The molecule has 0 aromatic heterocycles. The van der Waals surface area contributed by atoms with Gasteiger partial charge in [0.15, 0.2) is 0 Å². The number of hydrogen-bond donors (Lipinski definition) is 2. The topological polar surface area (TPSA) is 79.9 Å². The van der Waals surface area contributed by atoms with Gasteiger partial charge >= 0.3 is 0 Å². The van der Waals surface area contributed by atoms with Crippen LogP contribution in [0.3, 0.4) is 0 Å². The number of sulfonamides is 1. The summed E-state index contributed by atoms with van der Waals surface area (Å²) in [5, 5.41) is 3.52. The van der Waals surface area contributed by atoms with Crippen molar-refractivity contribution in [3.8, 4) is 11.5 Å². The first-order valence-corrected chi connectivity index (χ1v) is 11.8. The lowest BCUT2D eigenvalue weighted by molar-refractivity contribution is 0.105. The maximum Gasteiger partial charge on any atom is 0.264 e. The summed E-state index contributed by atoms with van der Waals surface area (Å²) in [7, 11) is -2.72. The normalized spacial score (nSPS) is 17.6. The van der Waals surface area contributed by atoms with E-state index < -0.39 is 26.3 Å². The third-order valence-electron chi connectivity index (χ3n) is 5.33. The third-order valence-corrected chi connectivity index (χ3v) is 6.75. The smallest absolute Gasteiger partial charge is 0.264 e. The molecule has 9 heteroatoms. The van der Waals surface area contributed by atoms with E-state index in [4.69, 9.17) is 9.47 Å². The lowest BCUT2D eigenvalue weighted by atomic mass is 10.0. The van der Waals surface area contributed by atoms with Crippen molar-refractivity contribution in [2.24, 2.45) is 0 Å². The minimum Gasteiger partial charge on any atom is -0.497 e. The largest absolute Gasteiger partial charge is 0.497 e. The Morgan fingerprint density at radius 2 is 2.00 bits per heavy atom. The molecule has 168 valence electrons. The number of ether oxygens (including phenoxy) is 2. The highest BCUT2D eigenvalue weighted by atomic mass is 32.2. The van der Waals surface area contributed by atoms with Gasteiger partial charge in [-0.3, -0.25) is 4.72 Å². The maximum absolute atomic E-state index is 14.3. The van der Waals surface area contributed by atoms with Crippen LogP contribution in [0, 0.1) is 5.82 Å².